The second kappa shape index (κ2) is 4.97. The fourth-order valence-electron chi connectivity index (χ4n) is 2.23. The third-order valence-corrected chi connectivity index (χ3v) is 3.61. The zero-order valence-electron chi connectivity index (χ0n) is 9.52. The van der Waals surface area contributed by atoms with Crippen molar-refractivity contribution in [1.29, 1.82) is 0 Å². The van der Waals surface area contributed by atoms with E-state index in [9.17, 15) is 0 Å². The Kier molecular flexibility index (Phi) is 4.18. The van der Waals surface area contributed by atoms with Crippen molar-refractivity contribution in [2.45, 2.75) is 40.0 Å². The molecule has 0 amide bonds. The van der Waals surface area contributed by atoms with Gasteiger partial charge >= 0.3 is 0 Å². The molecule has 1 rings (SSSR count). The van der Waals surface area contributed by atoms with Crippen LogP contribution in [-0.2, 0) is 0 Å². The van der Waals surface area contributed by atoms with E-state index in [1.165, 1.54) is 28.7 Å². The van der Waals surface area contributed by atoms with Crippen molar-refractivity contribution in [2.24, 2.45) is 0 Å². The first kappa shape index (κ1) is 11.8. The lowest BCUT2D eigenvalue weighted by molar-refractivity contribution is 0.737. The molecule has 0 saturated heterocycles. The van der Waals surface area contributed by atoms with Gasteiger partial charge in [-0.1, -0.05) is 40.5 Å². The lowest BCUT2D eigenvalue weighted by Crippen LogP contribution is -2.04. The van der Waals surface area contributed by atoms with Crippen LogP contribution in [0.2, 0.25) is 0 Å². The van der Waals surface area contributed by atoms with Gasteiger partial charge in [0.2, 0.25) is 0 Å². The average molecular weight is 255 g/mol. The molecule has 0 saturated carbocycles. The number of halogens is 1. The Bertz CT molecular complexity index is 288. The Morgan fingerprint density at radius 2 is 1.64 bits per heavy atom. The molecule has 14 heavy (non-hydrogen) atoms. The van der Waals surface area contributed by atoms with E-state index in [1.807, 2.05) is 0 Å². The summed E-state index contributed by atoms with van der Waals surface area (Å²) in [7, 11) is 0. The standard InChI is InChI=1S/C13H19Br/c1-5-12(8-14)13-10(3)6-9(2)7-11(13)4/h6-7,12H,5,8H2,1-4H3. The van der Waals surface area contributed by atoms with Gasteiger partial charge in [0.1, 0.15) is 0 Å². The molecule has 0 nitrogen and oxygen atoms in total. The minimum atomic E-state index is 0.663. The van der Waals surface area contributed by atoms with Crippen LogP contribution < -0.4 is 0 Å². The van der Waals surface area contributed by atoms with Gasteiger partial charge in [-0.15, -0.1) is 0 Å². The van der Waals surface area contributed by atoms with Gasteiger partial charge in [-0.05, 0) is 49.8 Å². The molecule has 0 heterocycles. The first-order valence-electron chi connectivity index (χ1n) is 5.23. The summed E-state index contributed by atoms with van der Waals surface area (Å²) in [5.74, 6) is 0.663. The van der Waals surface area contributed by atoms with E-state index in [4.69, 9.17) is 0 Å². The van der Waals surface area contributed by atoms with Crippen molar-refractivity contribution < 1.29 is 0 Å². The van der Waals surface area contributed by atoms with Gasteiger partial charge in [0.15, 0.2) is 0 Å². The third-order valence-electron chi connectivity index (χ3n) is 2.83. The maximum atomic E-state index is 3.60. The van der Waals surface area contributed by atoms with E-state index in [1.54, 1.807) is 0 Å². The molecule has 0 spiro atoms. The third kappa shape index (κ3) is 2.38. The highest BCUT2D eigenvalue weighted by atomic mass is 79.9. The molecule has 1 heteroatoms. The SMILES string of the molecule is CCC(CBr)c1c(C)cc(C)cc1C. The number of benzene rings is 1. The van der Waals surface area contributed by atoms with Crippen molar-refractivity contribution in [3.63, 3.8) is 0 Å². The molecule has 0 aromatic heterocycles. The average Bonchev–Trinajstić information content (AvgIpc) is 2.10. The molecule has 0 aliphatic carbocycles. The summed E-state index contributed by atoms with van der Waals surface area (Å²) in [5, 5.41) is 1.06. The topological polar surface area (TPSA) is 0 Å². The summed E-state index contributed by atoms with van der Waals surface area (Å²) in [6.45, 7) is 8.87. The van der Waals surface area contributed by atoms with E-state index in [-0.39, 0.29) is 0 Å². The molecule has 1 aromatic carbocycles. The van der Waals surface area contributed by atoms with Crippen LogP contribution in [0, 0.1) is 20.8 Å². The Labute approximate surface area is 95.9 Å². The van der Waals surface area contributed by atoms with Crippen LogP contribution >= 0.6 is 15.9 Å². The van der Waals surface area contributed by atoms with E-state index in [0.717, 1.165) is 5.33 Å². The van der Waals surface area contributed by atoms with Crippen LogP contribution in [0.15, 0.2) is 12.1 Å². The van der Waals surface area contributed by atoms with Gasteiger partial charge in [-0.3, -0.25) is 0 Å². The number of rotatable bonds is 3. The molecule has 1 aromatic rings. The Balaban J connectivity index is 3.19. The number of hydrogen-bond acceptors (Lipinski definition) is 0. The zero-order chi connectivity index (χ0) is 10.7. The van der Waals surface area contributed by atoms with Crippen LogP contribution in [0.4, 0.5) is 0 Å². The largest absolute Gasteiger partial charge is 0.0921 e. The smallest absolute Gasteiger partial charge is 0.0100 e. The zero-order valence-corrected chi connectivity index (χ0v) is 11.1. The monoisotopic (exact) mass is 254 g/mol. The van der Waals surface area contributed by atoms with E-state index in [0.29, 0.717) is 5.92 Å². The number of aryl methyl sites for hydroxylation is 3. The van der Waals surface area contributed by atoms with Gasteiger partial charge in [-0.25, -0.2) is 0 Å². The van der Waals surface area contributed by atoms with Crippen LogP contribution in [0.25, 0.3) is 0 Å². The summed E-state index contributed by atoms with van der Waals surface area (Å²) < 4.78 is 0. The maximum absolute atomic E-state index is 3.60. The molecule has 78 valence electrons. The van der Waals surface area contributed by atoms with Crippen LogP contribution in [0.5, 0.6) is 0 Å². The quantitative estimate of drug-likeness (QED) is 0.697. The van der Waals surface area contributed by atoms with E-state index < -0.39 is 0 Å². The summed E-state index contributed by atoms with van der Waals surface area (Å²) in [6.07, 6.45) is 1.20. The summed E-state index contributed by atoms with van der Waals surface area (Å²) in [6, 6.07) is 4.57. The molecule has 0 aliphatic rings. The fraction of sp³-hybridized carbons (Fsp3) is 0.538. The summed E-state index contributed by atoms with van der Waals surface area (Å²) >= 11 is 3.60. The highest BCUT2D eigenvalue weighted by molar-refractivity contribution is 9.09. The maximum Gasteiger partial charge on any atom is 0.0100 e. The predicted octanol–water partition coefficient (Wildman–Crippen LogP) is 4.50. The highest BCUT2D eigenvalue weighted by Gasteiger charge is 2.13. The number of alkyl halides is 1. The second-order valence-corrected chi connectivity index (χ2v) is 4.72. The minimum absolute atomic E-state index is 0.663. The molecule has 0 N–H and O–H groups in total. The predicted molar refractivity (Wildman–Crippen MR) is 67.5 cm³/mol. The molecule has 0 fully saturated rings. The van der Waals surface area contributed by atoms with Gasteiger partial charge in [-0.2, -0.15) is 0 Å². The van der Waals surface area contributed by atoms with Crippen molar-refractivity contribution in [3.8, 4) is 0 Å². The van der Waals surface area contributed by atoms with E-state index in [2.05, 4.69) is 55.8 Å². The number of hydrogen-bond donors (Lipinski definition) is 0. The van der Waals surface area contributed by atoms with Gasteiger partial charge < -0.3 is 0 Å². The van der Waals surface area contributed by atoms with Crippen molar-refractivity contribution in [1.82, 2.24) is 0 Å². The molecule has 1 atom stereocenters. The highest BCUT2D eigenvalue weighted by Crippen LogP contribution is 2.28. The summed E-state index contributed by atoms with van der Waals surface area (Å²) in [5.41, 5.74) is 5.78. The molecule has 0 aliphatic heterocycles. The lowest BCUT2D eigenvalue weighted by atomic mass is 9.89. The fourth-order valence-corrected chi connectivity index (χ4v) is 3.01. The Hall–Kier alpha value is -0.300. The van der Waals surface area contributed by atoms with E-state index >= 15 is 0 Å². The van der Waals surface area contributed by atoms with Crippen LogP contribution in [0.3, 0.4) is 0 Å². The van der Waals surface area contributed by atoms with Crippen molar-refractivity contribution in [3.05, 3.63) is 34.4 Å². The summed E-state index contributed by atoms with van der Waals surface area (Å²) in [4.78, 5) is 0. The van der Waals surface area contributed by atoms with Crippen molar-refractivity contribution >= 4 is 15.9 Å². The molecular weight excluding hydrogens is 236 g/mol. The van der Waals surface area contributed by atoms with Gasteiger partial charge in [0.05, 0.1) is 0 Å². The van der Waals surface area contributed by atoms with Gasteiger partial charge in [0.25, 0.3) is 0 Å². The second-order valence-electron chi connectivity index (χ2n) is 4.07. The normalized spacial score (nSPS) is 12.9. The first-order valence-corrected chi connectivity index (χ1v) is 6.36. The van der Waals surface area contributed by atoms with Crippen molar-refractivity contribution in [2.75, 3.05) is 5.33 Å². The van der Waals surface area contributed by atoms with Crippen LogP contribution in [-0.4, -0.2) is 5.33 Å². The Morgan fingerprint density at radius 1 is 1.14 bits per heavy atom. The molecular formula is C13H19Br. The van der Waals surface area contributed by atoms with Crippen LogP contribution in [0.1, 0.15) is 41.5 Å². The lowest BCUT2D eigenvalue weighted by Gasteiger charge is -2.18. The molecule has 0 radical (unpaired) electrons. The Morgan fingerprint density at radius 3 is 2.00 bits per heavy atom. The molecule has 0 bridgehead atoms. The minimum Gasteiger partial charge on any atom is -0.0921 e. The van der Waals surface area contributed by atoms with Gasteiger partial charge in [0, 0.05) is 5.33 Å². The first-order chi connectivity index (χ1) is 6.60. The molecule has 1 unspecified atom stereocenters.